The molecule has 1 aromatic rings. The summed E-state index contributed by atoms with van der Waals surface area (Å²) < 4.78 is 17.3. The second kappa shape index (κ2) is 5.08. The summed E-state index contributed by atoms with van der Waals surface area (Å²) in [7, 11) is -3.06. The lowest BCUT2D eigenvalue weighted by Crippen LogP contribution is -2.08. The van der Waals surface area contributed by atoms with E-state index in [2.05, 4.69) is 0 Å². The molecule has 90 valence electrons. The van der Waals surface area contributed by atoms with Crippen molar-refractivity contribution in [3.63, 3.8) is 0 Å². The monoisotopic (exact) mass is 263 g/mol. The van der Waals surface area contributed by atoms with Crippen molar-refractivity contribution in [3.8, 4) is 0 Å². The van der Waals surface area contributed by atoms with Crippen molar-refractivity contribution in [3.05, 3.63) is 21.1 Å². The van der Waals surface area contributed by atoms with Crippen LogP contribution in [0.25, 0.3) is 0 Å². The topological polar surface area (TPSA) is 69.4 Å². The van der Waals surface area contributed by atoms with Crippen molar-refractivity contribution in [1.29, 1.82) is 0 Å². The average molecular weight is 263 g/mol. The highest BCUT2D eigenvalue weighted by Gasteiger charge is 2.31. The molecule has 7 heteroatoms. The number of hydrogen-bond acceptors (Lipinski definition) is 5. The first-order valence-corrected chi connectivity index (χ1v) is 7.81. The van der Waals surface area contributed by atoms with Crippen LogP contribution < -0.4 is 5.30 Å². The number of thiophene rings is 1. The van der Waals surface area contributed by atoms with E-state index in [1.54, 1.807) is 13.0 Å². The lowest BCUT2D eigenvalue weighted by atomic mass is 10.4. The second-order valence-electron chi connectivity index (χ2n) is 3.28. The molecule has 0 saturated heterocycles. The van der Waals surface area contributed by atoms with Crippen molar-refractivity contribution in [1.82, 2.24) is 0 Å². The van der Waals surface area contributed by atoms with E-state index in [1.165, 1.54) is 6.66 Å². The summed E-state index contributed by atoms with van der Waals surface area (Å²) in [5.74, 6) is 0. The van der Waals surface area contributed by atoms with Gasteiger partial charge in [0.15, 0.2) is 0 Å². The number of nitro groups is 1. The SMILES string of the molecule is CCOP(C)(=O)c1cc(CC)sc1[N+](=O)[O-]. The number of aryl methyl sites for hydroxylation is 1. The molecule has 1 atom stereocenters. The predicted octanol–water partition coefficient (Wildman–Crippen LogP) is 2.79. The fourth-order valence-electron chi connectivity index (χ4n) is 1.33. The van der Waals surface area contributed by atoms with Gasteiger partial charge in [0.2, 0.25) is 7.37 Å². The minimum absolute atomic E-state index is 0.0591. The smallest absolute Gasteiger partial charge is 0.326 e. The molecule has 1 unspecified atom stereocenters. The summed E-state index contributed by atoms with van der Waals surface area (Å²) in [6.45, 7) is 5.32. The molecular formula is C9H14NO4PS. The normalized spacial score (nSPS) is 14.7. The third kappa shape index (κ3) is 2.70. The fourth-order valence-corrected chi connectivity index (χ4v) is 4.31. The quantitative estimate of drug-likeness (QED) is 0.465. The molecule has 16 heavy (non-hydrogen) atoms. The van der Waals surface area contributed by atoms with E-state index < -0.39 is 12.3 Å². The van der Waals surface area contributed by atoms with Gasteiger partial charge in [-0.15, -0.1) is 0 Å². The van der Waals surface area contributed by atoms with E-state index in [0.717, 1.165) is 16.2 Å². The number of hydrogen-bond donors (Lipinski definition) is 0. The van der Waals surface area contributed by atoms with Crippen LogP contribution >= 0.6 is 18.7 Å². The van der Waals surface area contributed by atoms with Crippen LogP contribution in [0.15, 0.2) is 6.07 Å². The van der Waals surface area contributed by atoms with E-state index in [1.807, 2.05) is 6.92 Å². The molecule has 1 heterocycles. The molecule has 0 N–H and O–H groups in total. The lowest BCUT2D eigenvalue weighted by Gasteiger charge is -2.09. The largest absolute Gasteiger partial charge is 0.337 e. The zero-order valence-electron chi connectivity index (χ0n) is 9.43. The summed E-state index contributed by atoms with van der Waals surface area (Å²) in [5.41, 5.74) is 0. The standard InChI is InChI=1S/C9H14NO4PS/c1-4-7-6-8(9(16-7)10(11)12)15(3,13)14-5-2/h6H,4-5H2,1-3H3. The maximum atomic E-state index is 12.2. The molecule has 1 rings (SSSR count). The Balaban J connectivity index is 3.25. The van der Waals surface area contributed by atoms with Crippen LogP contribution in [0, 0.1) is 10.1 Å². The van der Waals surface area contributed by atoms with Gasteiger partial charge in [-0.1, -0.05) is 18.3 Å². The molecule has 0 bridgehead atoms. The Morgan fingerprint density at radius 2 is 2.19 bits per heavy atom. The highest BCUT2D eigenvalue weighted by atomic mass is 32.1. The van der Waals surface area contributed by atoms with Crippen molar-refractivity contribution in [2.24, 2.45) is 0 Å². The molecule has 0 aliphatic rings. The van der Waals surface area contributed by atoms with Gasteiger partial charge in [-0.3, -0.25) is 14.7 Å². The Morgan fingerprint density at radius 1 is 1.56 bits per heavy atom. The van der Waals surface area contributed by atoms with E-state index >= 15 is 0 Å². The van der Waals surface area contributed by atoms with Crippen LogP contribution in [-0.2, 0) is 15.5 Å². The molecule has 0 saturated carbocycles. The Labute approximate surface area is 98.0 Å². The van der Waals surface area contributed by atoms with Crippen molar-refractivity contribution < 1.29 is 14.0 Å². The van der Waals surface area contributed by atoms with Gasteiger partial charge in [-0.2, -0.15) is 0 Å². The molecular weight excluding hydrogens is 249 g/mol. The van der Waals surface area contributed by atoms with Crippen LogP contribution in [0.2, 0.25) is 0 Å². The minimum Gasteiger partial charge on any atom is -0.326 e. The van der Waals surface area contributed by atoms with E-state index in [4.69, 9.17) is 4.52 Å². The van der Waals surface area contributed by atoms with Gasteiger partial charge in [-0.25, -0.2) is 0 Å². The Hall–Kier alpha value is -0.710. The minimum atomic E-state index is -3.06. The molecule has 0 fully saturated rings. The van der Waals surface area contributed by atoms with Gasteiger partial charge >= 0.3 is 5.00 Å². The van der Waals surface area contributed by atoms with Gasteiger partial charge in [0, 0.05) is 11.5 Å². The first-order chi connectivity index (χ1) is 7.42. The molecule has 5 nitrogen and oxygen atoms in total. The summed E-state index contributed by atoms with van der Waals surface area (Å²) in [5, 5.41) is 11.0. The molecule has 0 aliphatic heterocycles. The Bertz CT molecular complexity index is 443. The first-order valence-electron chi connectivity index (χ1n) is 4.92. The van der Waals surface area contributed by atoms with E-state index in [-0.39, 0.29) is 16.9 Å². The molecule has 0 spiro atoms. The lowest BCUT2D eigenvalue weighted by molar-refractivity contribution is -0.379. The fraction of sp³-hybridized carbons (Fsp3) is 0.556. The van der Waals surface area contributed by atoms with E-state index in [9.17, 15) is 14.7 Å². The third-order valence-corrected chi connectivity index (χ3v) is 5.42. The molecule has 1 aromatic heterocycles. The first kappa shape index (κ1) is 13.4. The molecule has 0 radical (unpaired) electrons. The van der Waals surface area contributed by atoms with Gasteiger partial charge < -0.3 is 4.52 Å². The van der Waals surface area contributed by atoms with Crippen LogP contribution in [0.3, 0.4) is 0 Å². The number of nitrogens with zero attached hydrogens (tertiary/aromatic N) is 1. The van der Waals surface area contributed by atoms with E-state index in [0.29, 0.717) is 6.42 Å². The van der Waals surface area contributed by atoms with Gasteiger partial charge in [-0.05, 0) is 19.4 Å². The summed E-state index contributed by atoms with van der Waals surface area (Å²) in [6, 6.07) is 1.62. The van der Waals surface area contributed by atoms with Gasteiger partial charge in [0.05, 0.1) is 11.5 Å². The highest BCUT2D eigenvalue weighted by molar-refractivity contribution is 7.67. The van der Waals surface area contributed by atoms with Gasteiger partial charge in [0.1, 0.15) is 5.30 Å². The molecule has 0 aromatic carbocycles. The number of rotatable bonds is 5. The second-order valence-corrected chi connectivity index (χ2v) is 6.82. The van der Waals surface area contributed by atoms with Crippen molar-refractivity contribution in [2.75, 3.05) is 13.3 Å². The predicted molar refractivity (Wildman–Crippen MR) is 65.1 cm³/mol. The van der Waals surface area contributed by atoms with Crippen LogP contribution in [0.1, 0.15) is 18.7 Å². The van der Waals surface area contributed by atoms with Crippen LogP contribution in [-0.4, -0.2) is 18.2 Å². The maximum absolute atomic E-state index is 12.2. The van der Waals surface area contributed by atoms with Crippen molar-refractivity contribution in [2.45, 2.75) is 20.3 Å². The molecule has 0 aliphatic carbocycles. The van der Waals surface area contributed by atoms with Gasteiger partial charge in [0.25, 0.3) is 0 Å². The van der Waals surface area contributed by atoms with Crippen LogP contribution in [0.5, 0.6) is 0 Å². The summed E-state index contributed by atoms with van der Waals surface area (Å²) in [4.78, 5) is 11.2. The Kier molecular flexibility index (Phi) is 4.24. The maximum Gasteiger partial charge on any atom is 0.337 e. The third-order valence-electron chi connectivity index (χ3n) is 2.07. The average Bonchev–Trinajstić information content (AvgIpc) is 2.62. The highest BCUT2D eigenvalue weighted by Crippen LogP contribution is 2.46. The van der Waals surface area contributed by atoms with Crippen LogP contribution in [0.4, 0.5) is 5.00 Å². The summed E-state index contributed by atoms with van der Waals surface area (Å²) in [6.07, 6.45) is 0.692. The zero-order chi connectivity index (χ0) is 12.3. The zero-order valence-corrected chi connectivity index (χ0v) is 11.1. The molecule has 0 amide bonds. The van der Waals surface area contributed by atoms with Crippen molar-refractivity contribution >= 4 is 29.0 Å². The summed E-state index contributed by atoms with van der Waals surface area (Å²) >= 11 is 1.07. The Morgan fingerprint density at radius 3 is 2.62 bits per heavy atom.